The maximum absolute atomic E-state index is 11.6. The van der Waals surface area contributed by atoms with Crippen molar-refractivity contribution in [3.05, 3.63) is 70.3 Å². The Labute approximate surface area is 173 Å². The van der Waals surface area contributed by atoms with Crippen LogP contribution in [0.5, 0.6) is 5.75 Å². The molecule has 4 rings (SSSR count). The van der Waals surface area contributed by atoms with Gasteiger partial charge in [-0.25, -0.2) is 4.79 Å². The van der Waals surface area contributed by atoms with Gasteiger partial charge in [-0.2, -0.15) is 0 Å². The number of carboxylic acid groups (broad SMARTS) is 1. The number of ether oxygens (including phenoxy) is 2. The van der Waals surface area contributed by atoms with Gasteiger partial charge in [-0.15, -0.1) is 0 Å². The number of hydrogen-bond donors (Lipinski definition) is 1. The summed E-state index contributed by atoms with van der Waals surface area (Å²) >= 11 is 6.41. The molecule has 2 aromatic rings. The van der Waals surface area contributed by atoms with Crippen molar-refractivity contribution in [3.63, 3.8) is 0 Å². The predicted octanol–water partition coefficient (Wildman–Crippen LogP) is 3.08. The van der Waals surface area contributed by atoms with Crippen LogP contribution in [-0.2, 0) is 9.53 Å². The fourth-order valence-corrected chi connectivity index (χ4v) is 4.37. The molecule has 1 N–H and O–H groups in total. The summed E-state index contributed by atoms with van der Waals surface area (Å²) in [5, 5.41) is 15.6. The number of benzene rings is 2. The van der Waals surface area contributed by atoms with Gasteiger partial charge >= 0.3 is 5.97 Å². The second kappa shape index (κ2) is 7.79. The van der Waals surface area contributed by atoms with E-state index in [1.54, 1.807) is 18.2 Å². The van der Waals surface area contributed by atoms with E-state index in [4.69, 9.17) is 16.3 Å². The minimum atomic E-state index is -1.20. The van der Waals surface area contributed by atoms with Crippen molar-refractivity contribution < 1.29 is 24.2 Å². The number of rotatable bonds is 5. The lowest BCUT2D eigenvalue weighted by Gasteiger charge is -2.39. The second-order valence-corrected chi connectivity index (χ2v) is 7.49. The summed E-state index contributed by atoms with van der Waals surface area (Å²) < 4.78 is 9.97. The average Bonchev–Trinajstić information content (AvgIpc) is 3.22. The molecule has 1 heterocycles. The first-order valence-corrected chi connectivity index (χ1v) is 9.64. The minimum absolute atomic E-state index is 0.0494. The lowest BCUT2D eigenvalue weighted by atomic mass is 9.75. The molecule has 0 unspecified atom stereocenters. The topological polar surface area (TPSA) is 87.7 Å². The predicted molar refractivity (Wildman–Crippen MR) is 106 cm³/mol. The molecular formula is C22H19ClNO5-. The van der Waals surface area contributed by atoms with E-state index in [1.807, 2.05) is 18.2 Å². The molecule has 2 aliphatic rings. The van der Waals surface area contributed by atoms with Gasteiger partial charge in [0.25, 0.3) is 0 Å². The Morgan fingerprint density at radius 2 is 1.97 bits per heavy atom. The van der Waals surface area contributed by atoms with E-state index < -0.39 is 11.9 Å². The van der Waals surface area contributed by atoms with Crippen molar-refractivity contribution >= 4 is 29.2 Å². The molecule has 150 valence electrons. The fraction of sp³-hybridized carbons (Fsp3) is 0.273. The Morgan fingerprint density at radius 3 is 2.66 bits per heavy atom. The van der Waals surface area contributed by atoms with Gasteiger partial charge in [-0.1, -0.05) is 42.0 Å². The summed E-state index contributed by atoms with van der Waals surface area (Å²) in [4.78, 5) is 22.9. The van der Waals surface area contributed by atoms with Gasteiger partial charge in [0, 0.05) is 11.5 Å². The third kappa shape index (κ3) is 3.56. The number of halogens is 1. The fourth-order valence-electron chi connectivity index (χ4n) is 4.15. The molecule has 6 nitrogen and oxygen atoms in total. The van der Waals surface area contributed by atoms with Gasteiger partial charge in [0.1, 0.15) is 5.75 Å². The smallest absolute Gasteiger partial charge is 0.343 e. The highest BCUT2D eigenvalue weighted by atomic mass is 35.5. The SMILES string of the molecule is COC(=O)COc1ccc([C@@H]2Nc3c(Cl)ccc(C(=O)[O-])c3[C@H]3C=CC[C@H]32)cc1. The van der Waals surface area contributed by atoms with Crippen LogP contribution >= 0.6 is 11.6 Å². The van der Waals surface area contributed by atoms with Crippen molar-refractivity contribution in [1.82, 2.24) is 0 Å². The first kappa shape index (κ1) is 19.3. The molecule has 0 saturated carbocycles. The van der Waals surface area contributed by atoms with Crippen molar-refractivity contribution in [3.8, 4) is 5.75 Å². The van der Waals surface area contributed by atoms with E-state index in [0.29, 0.717) is 22.0 Å². The van der Waals surface area contributed by atoms with Gasteiger partial charge in [0.15, 0.2) is 6.61 Å². The van der Waals surface area contributed by atoms with Gasteiger partial charge in [-0.3, -0.25) is 0 Å². The molecular weight excluding hydrogens is 394 g/mol. The number of allylic oxidation sites excluding steroid dienone is 2. The minimum Gasteiger partial charge on any atom is -0.545 e. The van der Waals surface area contributed by atoms with Crippen LogP contribution in [0.4, 0.5) is 5.69 Å². The molecule has 1 aliphatic heterocycles. The highest BCUT2D eigenvalue weighted by molar-refractivity contribution is 6.33. The Balaban J connectivity index is 1.65. The Kier molecular flexibility index (Phi) is 5.20. The Morgan fingerprint density at radius 1 is 1.21 bits per heavy atom. The number of carbonyl (C=O) groups is 2. The van der Waals surface area contributed by atoms with E-state index in [0.717, 1.165) is 12.0 Å². The zero-order valence-electron chi connectivity index (χ0n) is 15.7. The number of esters is 1. The van der Waals surface area contributed by atoms with Gasteiger partial charge in [0.05, 0.1) is 29.8 Å². The maximum Gasteiger partial charge on any atom is 0.343 e. The average molecular weight is 413 g/mol. The largest absolute Gasteiger partial charge is 0.545 e. The summed E-state index contributed by atoms with van der Waals surface area (Å²) in [7, 11) is 1.31. The summed E-state index contributed by atoms with van der Waals surface area (Å²) in [5.74, 6) is -0.991. The van der Waals surface area contributed by atoms with Gasteiger partial charge in [-0.05, 0) is 41.7 Å². The van der Waals surface area contributed by atoms with Crippen molar-refractivity contribution in [1.29, 1.82) is 0 Å². The molecule has 0 radical (unpaired) electrons. The normalized spacial score (nSPS) is 21.7. The highest BCUT2D eigenvalue weighted by Crippen LogP contribution is 2.52. The first-order valence-electron chi connectivity index (χ1n) is 9.26. The van der Waals surface area contributed by atoms with Crippen LogP contribution in [0.25, 0.3) is 0 Å². The molecule has 0 fully saturated rings. The van der Waals surface area contributed by atoms with Crippen LogP contribution in [0.2, 0.25) is 5.02 Å². The molecule has 0 spiro atoms. The van der Waals surface area contributed by atoms with E-state index in [-0.39, 0.29) is 30.0 Å². The molecule has 29 heavy (non-hydrogen) atoms. The molecule has 1 aliphatic carbocycles. The molecule has 0 aromatic heterocycles. The number of fused-ring (bicyclic) bond motifs is 3. The van der Waals surface area contributed by atoms with E-state index in [9.17, 15) is 14.7 Å². The molecule has 7 heteroatoms. The van der Waals surface area contributed by atoms with Gasteiger partial charge in [0.2, 0.25) is 0 Å². The Hall–Kier alpha value is -2.99. The number of carbonyl (C=O) groups excluding carboxylic acids is 2. The molecule has 0 saturated heterocycles. The molecule has 0 amide bonds. The van der Waals surface area contributed by atoms with Crippen LogP contribution in [0.15, 0.2) is 48.6 Å². The summed E-state index contributed by atoms with van der Waals surface area (Å²) in [5.41, 5.74) is 2.51. The number of methoxy groups -OCH3 is 1. The number of aromatic carboxylic acids is 1. The lowest BCUT2D eigenvalue weighted by Crippen LogP contribution is -2.33. The third-order valence-corrected chi connectivity index (χ3v) is 5.83. The van der Waals surface area contributed by atoms with E-state index >= 15 is 0 Å². The van der Waals surface area contributed by atoms with Crippen LogP contribution in [0.1, 0.15) is 39.9 Å². The van der Waals surface area contributed by atoms with E-state index in [2.05, 4.69) is 16.1 Å². The highest BCUT2D eigenvalue weighted by Gasteiger charge is 2.40. The summed E-state index contributed by atoms with van der Waals surface area (Å²) in [6, 6.07) is 10.5. The summed E-state index contributed by atoms with van der Waals surface area (Å²) in [6.07, 6.45) is 4.95. The maximum atomic E-state index is 11.6. The first-order chi connectivity index (χ1) is 14.0. The third-order valence-electron chi connectivity index (χ3n) is 5.51. The second-order valence-electron chi connectivity index (χ2n) is 7.08. The number of hydrogen-bond acceptors (Lipinski definition) is 6. The van der Waals surface area contributed by atoms with Crippen LogP contribution in [0, 0.1) is 5.92 Å². The van der Waals surface area contributed by atoms with Gasteiger partial charge < -0.3 is 24.7 Å². The van der Waals surface area contributed by atoms with Crippen LogP contribution in [-0.4, -0.2) is 25.7 Å². The monoisotopic (exact) mass is 412 g/mol. The van der Waals surface area contributed by atoms with Crippen molar-refractivity contribution in [2.24, 2.45) is 5.92 Å². The molecule has 3 atom stereocenters. The number of anilines is 1. The Bertz CT molecular complexity index is 985. The van der Waals surface area contributed by atoms with Crippen molar-refractivity contribution in [2.75, 3.05) is 19.0 Å². The zero-order valence-corrected chi connectivity index (χ0v) is 16.4. The number of nitrogens with one attached hydrogen (secondary N) is 1. The van der Waals surface area contributed by atoms with Crippen LogP contribution < -0.4 is 15.2 Å². The quantitative estimate of drug-likeness (QED) is 0.599. The zero-order chi connectivity index (χ0) is 20.5. The van der Waals surface area contributed by atoms with Crippen molar-refractivity contribution in [2.45, 2.75) is 18.4 Å². The molecule has 2 aromatic carbocycles. The lowest BCUT2D eigenvalue weighted by molar-refractivity contribution is -0.255. The molecule has 0 bridgehead atoms. The van der Waals surface area contributed by atoms with Crippen LogP contribution in [0.3, 0.4) is 0 Å². The standard InChI is InChI=1S/C22H20ClNO5/c1-28-18(25)11-29-13-7-5-12(6-8-13)20-15-4-2-3-14(15)19-16(22(26)27)9-10-17(23)21(19)24-20/h2-3,5-10,14-15,20,24H,4,11H2,1H3,(H,26,27)/p-1/t14-,15+,20-/m0/s1. The summed E-state index contributed by atoms with van der Waals surface area (Å²) in [6.45, 7) is -0.152. The number of carboxylic acids is 1. The van der Waals surface area contributed by atoms with E-state index in [1.165, 1.54) is 13.2 Å².